The van der Waals surface area contributed by atoms with Crippen LogP contribution in [-0.2, 0) is 0 Å². The summed E-state index contributed by atoms with van der Waals surface area (Å²) in [6.07, 6.45) is 1.12. The highest BCUT2D eigenvalue weighted by atomic mass is 79.9. The van der Waals surface area contributed by atoms with Gasteiger partial charge in [-0.3, -0.25) is 0 Å². The minimum atomic E-state index is 0.273. The average molecular weight is 291 g/mol. The molecule has 1 aliphatic rings. The van der Waals surface area contributed by atoms with Crippen LogP contribution in [0, 0.1) is 0 Å². The summed E-state index contributed by atoms with van der Waals surface area (Å²) in [5.74, 6) is 0.827. The number of benzene rings is 1. The van der Waals surface area contributed by atoms with E-state index in [1.54, 1.807) is 0 Å². The number of ether oxygens (including phenoxy) is 1. The summed E-state index contributed by atoms with van der Waals surface area (Å²) in [5, 5.41) is 4.12. The van der Waals surface area contributed by atoms with E-state index in [4.69, 9.17) is 16.3 Å². The van der Waals surface area contributed by atoms with Crippen molar-refractivity contribution in [2.45, 2.75) is 19.4 Å². The first-order chi connectivity index (χ1) is 7.22. The van der Waals surface area contributed by atoms with Crippen LogP contribution in [0.2, 0.25) is 5.02 Å². The second kappa shape index (κ2) is 4.73. The zero-order valence-corrected chi connectivity index (χ0v) is 10.9. The molecule has 1 aromatic rings. The molecule has 0 amide bonds. The first-order valence-corrected chi connectivity index (χ1v) is 6.24. The molecule has 0 aliphatic carbocycles. The lowest BCUT2D eigenvalue weighted by molar-refractivity contribution is 0.311. The van der Waals surface area contributed by atoms with Gasteiger partial charge in [-0.15, -0.1) is 0 Å². The van der Waals surface area contributed by atoms with Crippen molar-refractivity contribution in [3.8, 4) is 5.75 Å². The molecule has 1 atom stereocenters. The van der Waals surface area contributed by atoms with Gasteiger partial charge in [0.05, 0.1) is 11.1 Å². The van der Waals surface area contributed by atoms with Crippen molar-refractivity contribution >= 4 is 27.5 Å². The van der Waals surface area contributed by atoms with Crippen LogP contribution in [0.3, 0.4) is 0 Å². The molecule has 0 saturated carbocycles. The summed E-state index contributed by atoms with van der Waals surface area (Å²) in [4.78, 5) is 0. The van der Waals surface area contributed by atoms with Gasteiger partial charge in [0.1, 0.15) is 12.4 Å². The van der Waals surface area contributed by atoms with Gasteiger partial charge in [0.2, 0.25) is 0 Å². The highest BCUT2D eigenvalue weighted by Gasteiger charge is 2.25. The summed E-state index contributed by atoms with van der Waals surface area (Å²) in [6, 6.07) is 4.21. The first-order valence-electron chi connectivity index (χ1n) is 5.07. The Balaban J connectivity index is 2.25. The summed E-state index contributed by atoms with van der Waals surface area (Å²) in [6.45, 7) is 3.82. The minimum Gasteiger partial charge on any atom is -0.490 e. The molecule has 82 valence electrons. The van der Waals surface area contributed by atoms with Gasteiger partial charge in [-0.2, -0.15) is 0 Å². The van der Waals surface area contributed by atoms with Crippen LogP contribution >= 0.6 is 27.5 Å². The smallest absolute Gasteiger partial charge is 0.142 e. The van der Waals surface area contributed by atoms with Gasteiger partial charge in [0, 0.05) is 10.0 Å². The Hall–Kier alpha value is -0.250. The maximum atomic E-state index is 6.09. The SMILES string of the molecule is CCCNC1COc2c(Cl)cc(Br)cc21. The second-order valence-corrected chi connectivity index (χ2v) is 4.95. The Morgan fingerprint density at radius 3 is 3.13 bits per heavy atom. The lowest BCUT2D eigenvalue weighted by Crippen LogP contribution is -2.23. The highest BCUT2D eigenvalue weighted by molar-refractivity contribution is 9.10. The van der Waals surface area contributed by atoms with E-state index in [1.165, 1.54) is 0 Å². The molecule has 0 radical (unpaired) electrons. The van der Waals surface area contributed by atoms with Crippen molar-refractivity contribution in [2.75, 3.05) is 13.2 Å². The molecule has 0 saturated heterocycles. The lowest BCUT2D eigenvalue weighted by Gasteiger charge is -2.10. The monoisotopic (exact) mass is 289 g/mol. The Morgan fingerprint density at radius 1 is 1.60 bits per heavy atom. The quantitative estimate of drug-likeness (QED) is 0.919. The molecule has 2 rings (SSSR count). The van der Waals surface area contributed by atoms with E-state index in [0.717, 1.165) is 28.8 Å². The van der Waals surface area contributed by atoms with Gasteiger partial charge in [0.15, 0.2) is 0 Å². The third-order valence-electron chi connectivity index (χ3n) is 2.45. The minimum absolute atomic E-state index is 0.273. The fourth-order valence-electron chi connectivity index (χ4n) is 1.74. The lowest BCUT2D eigenvalue weighted by atomic mass is 10.1. The fourth-order valence-corrected chi connectivity index (χ4v) is 2.62. The number of hydrogen-bond acceptors (Lipinski definition) is 2. The Bertz CT molecular complexity index is 370. The predicted octanol–water partition coefficient (Wildman–Crippen LogP) is 3.54. The van der Waals surface area contributed by atoms with Crippen LogP contribution in [0.15, 0.2) is 16.6 Å². The Morgan fingerprint density at radius 2 is 2.40 bits per heavy atom. The van der Waals surface area contributed by atoms with Crippen LogP contribution in [0.4, 0.5) is 0 Å². The van der Waals surface area contributed by atoms with Gasteiger partial charge < -0.3 is 10.1 Å². The second-order valence-electron chi connectivity index (χ2n) is 3.62. The van der Waals surface area contributed by atoms with Crippen molar-refractivity contribution in [3.05, 3.63) is 27.2 Å². The van der Waals surface area contributed by atoms with Crippen LogP contribution in [0.5, 0.6) is 5.75 Å². The van der Waals surface area contributed by atoms with Crippen LogP contribution in [-0.4, -0.2) is 13.2 Å². The zero-order chi connectivity index (χ0) is 10.8. The predicted molar refractivity (Wildman–Crippen MR) is 65.7 cm³/mol. The summed E-state index contributed by atoms with van der Waals surface area (Å²) in [7, 11) is 0. The van der Waals surface area contributed by atoms with Crippen LogP contribution in [0.25, 0.3) is 0 Å². The van der Waals surface area contributed by atoms with E-state index in [0.29, 0.717) is 11.6 Å². The molecule has 0 aromatic heterocycles. The van der Waals surface area contributed by atoms with E-state index in [1.807, 2.05) is 6.07 Å². The fraction of sp³-hybridized carbons (Fsp3) is 0.455. The number of hydrogen-bond donors (Lipinski definition) is 1. The Labute approximate surface area is 103 Å². The molecule has 4 heteroatoms. The highest BCUT2D eigenvalue weighted by Crippen LogP contribution is 2.40. The molecule has 1 aliphatic heterocycles. The largest absolute Gasteiger partial charge is 0.490 e. The van der Waals surface area contributed by atoms with E-state index in [-0.39, 0.29) is 6.04 Å². The molecule has 1 aromatic carbocycles. The van der Waals surface area contributed by atoms with Crippen molar-refractivity contribution in [3.63, 3.8) is 0 Å². The molecule has 1 N–H and O–H groups in total. The third-order valence-corrected chi connectivity index (χ3v) is 3.19. The topological polar surface area (TPSA) is 21.3 Å². The van der Waals surface area contributed by atoms with Gasteiger partial charge in [-0.25, -0.2) is 0 Å². The first kappa shape index (κ1) is 11.2. The standard InChI is InChI=1S/C11H13BrClNO/c1-2-3-14-10-6-15-11-8(10)4-7(12)5-9(11)13/h4-5,10,14H,2-3,6H2,1H3. The molecule has 2 nitrogen and oxygen atoms in total. The van der Waals surface area contributed by atoms with Crippen molar-refractivity contribution in [1.29, 1.82) is 0 Å². The molecule has 1 heterocycles. The average Bonchev–Trinajstić information content (AvgIpc) is 2.58. The molecular formula is C11H13BrClNO. The molecular weight excluding hydrogens is 277 g/mol. The molecule has 0 spiro atoms. The maximum Gasteiger partial charge on any atom is 0.142 e. The van der Waals surface area contributed by atoms with Crippen LogP contribution in [0.1, 0.15) is 24.9 Å². The van der Waals surface area contributed by atoms with Crippen molar-refractivity contribution in [2.24, 2.45) is 0 Å². The Kier molecular flexibility index (Phi) is 3.54. The van der Waals surface area contributed by atoms with Gasteiger partial charge in [-0.1, -0.05) is 34.5 Å². The van der Waals surface area contributed by atoms with Crippen molar-refractivity contribution < 1.29 is 4.74 Å². The van der Waals surface area contributed by atoms with E-state index < -0.39 is 0 Å². The number of nitrogens with one attached hydrogen (secondary N) is 1. The number of halogens is 2. The zero-order valence-electron chi connectivity index (χ0n) is 8.52. The normalized spacial score (nSPS) is 18.7. The summed E-state index contributed by atoms with van der Waals surface area (Å²) < 4.78 is 6.58. The van der Waals surface area contributed by atoms with Gasteiger partial charge in [-0.05, 0) is 25.1 Å². The number of rotatable bonds is 3. The molecule has 15 heavy (non-hydrogen) atoms. The molecule has 1 unspecified atom stereocenters. The van der Waals surface area contributed by atoms with Gasteiger partial charge in [0.25, 0.3) is 0 Å². The number of fused-ring (bicyclic) bond motifs is 1. The molecule has 0 bridgehead atoms. The summed E-state index contributed by atoms with van der Waals surface area (Å²) in [5.41, 5.74) is 1.16. The van der Waals surface area contributed by atoms with E-state index >= 15 is 0 Å². The third kappa shape index (κ3) is 2.30. The van der Waals surface area contributed by atoms with Crippen LogP contribution < -0.4 is 10.1 Å². The van der Waals surface area contributed by atoms with E-state index in [9.17, 15) is 0 Å². The maximum absolute atomic E-state index is 6.09. The molecule has 0 fully saturated rings. The van der Waals surface area contributed by atoms with Crippen molar-refractivity contribution in [1.82, 2.24) is 5.32 Å². The van der Waals surface area contributed by atoms with E-state index in [2.05, 4.69) is 34.2 Å². The van der Waals surface area contributed by atoms with Gasteiger partial charge >= 0.3 is 0 Å². The summed E-state index contributed by atoms with van der Waals surface area (Å²) >= 11 is 9.54.